The molecule has 0 aliphatic heterocycles. The van der Waals surface area contributed by atoms with Crippen LogP contribution in [-0.4, -0.2) is 42.5 Å². The van der Waals surface area contributed by atoms with E-state index < -0.39 is 6.04 Å². The Balaban J connectivity index is 2.28. The second-order valence-electron chi connectivity index (χ2n) is 7.44. The number of carbonyl (C=O) groups is 2. The number of benzene rings is 2. The normalized spacial score (nSPS) is 12.6. The lowest BCUT2D eigenvalue weighted by atomic mass is 10.1. The summed E-state index contributed by atoms with van der Waals surface area (Å²) in [5.41, 5.74) is 0.691. The van der Waals surface area contributed by atoms with Gasteiger partial charge in [-0.15, -0.1) is 0 Å². The molecule has 6 nitrogen and oxygen atoms in total. The third-order valence-electron chi connectivity index (χ3n) is 5.16. The van der Waals surface area contributed by atoms with Gasteiger partial charge in [0.05, 0.1) is 7.11 Å². The maximum atomic E-state index is 13.3. The number of nitrogens with one attached hydrogen (secondary N) is 1. The average molecular weight is 481 g/mol. The van der Waals surface area contributed by atoms with Crippen LogP contribution in [-0.2, 0) is 16.1 Å². The van der Waals surface area contributed by atoms with Crippen molar-refractivity contribution in [3.05, 3.63) is 58.1 Å². The van der Waals surface area contributed by atoms with Crippen LogP contribution in [0.2, 0.25) is 10.0 Å². The number of hydrogen-bond donors (Lipinski definition) is 1. The first-order valence-corrected chi connectivity index (χ1v) is 11.4. The van der Waals surface area contributed by atoms with Gasteiger partial charge >= 0.3 is 0 Å². The fourth-order valence-electron chi connectivity index (χ4n) is 3.15. The minimum Gasteiger partial charge on any atom is -0.493 e. The highest BCUT2D eigenvalue weighted by atomic mass is 35.5. The molecule has 1 N–H and O–H groups in total. The van der Waals surface area contributed by atoms with Crippen molar-refractivity contribution in [3.63, 3.8) is 0 Å². The van der Waals surface area contributed by atoms with Gasteiger partial charge in [0.1, 0.15) is 6.04 Å². The molecule has 174 valence electrons. The third kappa shape index (κ3) is 7.04. The van der Waals surface area contributed by atoms with Crippen LogP contribution in [0.1, 0.15) is 39.2 Å². The van der Waals surface area contributed by atoms with E-state index in [2.05, 4.69) is 5.32 Å². The largest absolute Gasteiger partial charge is 0.493 e. The predicted octanol–water partition coefficient (Wildman–Crippen LogP) is 5.10. The topological polar surface area (TPSA) is 67.9 Å². The van der Waals surface area contributed by atoms with Gasteiger partial charge in [0.15, 0.2) is 18.1 Å². The highest BCUT2D eigenvalue weighted by Crippen LogP contribution is 2.27. The minimum absolute atomic E-state index is 0.00236. The first kappa shape index (κ1) is 25.8. The van der Waals surface area contributed by atoms with E-state index in [-0.39, 0.29) is 31.0 Å². The number of nitrogens with zero attached hydrogens (tertiary/aromatic N) is 1. The molecule has 2 aromatic rings. The average Bonchev–Trinajstić information content (AvgIpc) is 2.78. The number of halogens is 2. The van der Waals surface area contributed by atoms with Gasteiger partial charge in [0.25, 0.3) is 5.91 Å². The van der Waals surface area contributed by atoms with E-state index in [1.54, 1.807) is 36.4 Å². The van der Waals surface area contributed by atoms with Crippen LogP contribution in [0.5, 0.6) is 11.5 Å². The number of carbonyl (C=O) groups excluding carboxylic acids is 2. The van der Waals surface area contributed by atoms with E-state index in [1.807, 2.05) is 26.8 Å². The molecule has 32 heavy (non-hydrogen) atoms. The molecule has 0 heterocycles. The fraction of sp³-hybridized carbons (Fsp3) is 0.417. The van der Waals surface area contributed by atoms with Crippen molar-refractivity contribution >= 4 is 35.0 Å². The molecule has 2 aromatic carbocycles. The summed E-state index contributed by atoms with van der Waals surface area (Å²) in [6.07, 6.45) is 1.23. The van der Waals surface area contributed by atoms with Gasteiger partial charge in [-0.05, 0) is 49.6 Å². The number of rotatable bonds is 11. The lowest BCUT2D eigenvalue weighted by Gasteiger charge is -2.31. The highest BCUT2D eigenvalue weighted by molar-refractivity contribution is 6.35. The van der Waals surface area contributed by atoms with Gasteiger partial charge in [-0.25, -0.2) is 0 Å². The monoisotopic (exact) mass is 480 g/mol. The Morgan fingerprint density at radius 3 is 2.34 bits per heavy atom. The van der Waals surface area contributed by atoms with Gasteiger partial charge in [0.2, 0.25) is 5.91 Å². The molecule has 0 aliphatic rings. The molecule has 2 amide bonds. The van der Waals surface area contributed by atoms with Crippen molar-refractivity contribution in [2.75, 3.05) is 13.7 Å². The van der Waals surface area contributed by atoms with E-state index in [0.717, 1.165) is 6.42 Å². The van der Waals surface area contributed by atoms with Crippen LogP contribution in [0.4, 0.5) is 0 Å². The molecular weight excluding hydrogens is 451 g/mol. The Morgan fingerprint density at radius 1 is 1.06 bits per heavy atom. The standard InChI is InChI=1S/C24H30Cl2N2O4/c1-5-16(3)27-24(30)20(6-2)28(14-17-11-12-18(25)13-19(17)26)23(29)15-32-22-10-8-7-9-21(22)31-4/h7-13,16,20H,5-6,14-15H2,1-4H3,(H,27,30)/t16-,20-/m0/s1. The molecule has 0 aliphatic carbocycles. The summed E-state index contributed by atoms with van der Waals surface area (Å²) in [5.74, 6) is 0.421. The summed E-state index contributed by atoms with van der Waals surface area (Å²) in [6.45, 7) is 5.68. The summed E-state index contributed by atoms with van der Waals surface area (Å²) >= 11 is 12.4. The molecule has 0 radical (unpaired) electrons. The number of hydrogen-bond acceptors (Lipinski definition) is 4. The summed E-state index contributed by atoms with van der Waals surface area (Å²) < 4.78 is 11.0. The molecule has 2 rings (SSSR count). The van der Waals surface area contributed by atoms with E-state index in [9.17, 15) is 9.59 Å². The number of amides is 2. The Bertz CT molecular complexity index is 923. The van der Waals surface area contributed by atoms with Crippen molar-refractivity contribution in [1.82, 2.24) is 10.2 Å². The molecule has 0 aromatic heterocycles. The maximum Gasteiger partial charge on any atom is 0.261 e. The van der Waals surface area contributed by atoms with Gasteiger partial charge < -0.3 is 19.7 Å². The first-order chi connectivity index (χ1) is 15.3. The zero-order valence-corrected chi connectivity index (χ0v) is 20.4. The lowest BCUT2D eigenvalue weighted by molar-refractivity contribution is -0.143. The summed E-state index contributed by atoms with van der Waals surface area (Å²) in [5, 5.41) is 3.90. The lowest BCUT2D eigenvalue weighted by Crippen LogP contribution is -2.51. The second kappa shape index (κ2) is 12.6. The van der Waals surface area contributed by atoms with Crippen LogP contribution in [0.15, 0.2) is 42.5 Å². The van der Waals surface area contributed by atoms with E-state index in [1.165, 1.54) is 12.0 Å². The molecule has 8 heteroatoms. The Morgan fingerprint density at radius 2 is 1.75 bits per heavy atom. The second-order valence-corrected chi connectivity index (χ2v) is 8.28. The highest BCUT2D eigenvalue weighted by Gasteiger charge is 2.30. The van der Waals surface area contributed by atoms with Crippen molar-refractivity contribution < 1.29 is 19.1 Å². The Kier molecular flexibility index (Phi) is 10.1. The van der Waals surface area contributed by atoms with E-state index in [0.29, 0.717) is 33.5 Å². The molecule has 2 atom stereocenters. The molecule has 0 bridgehead atoms. The summed E-state index contributed by atoms with van der Waals surface area (Å²) in [6, 6.07) is 11.5. The van der Waals surface area contributed by atoms with Crippen LogP contribution in [0.25, 0.3) is 0 Å². The number of ether oxygens (including phenoxy) is 2. The Hall–Kier alpha value is -2.44. The maximum absolute atomic E-state index is 13.3. The smallest absolute Gasteiger partial charge is 0.261 e. The van der Waals surface area contributed by atoms with Crippen molar-refractivity contribution in [2.24, 2.45) is 0 Å². The zero-order chi connectivity index (χ0) is 23.7. The molecule has 0 fully saturated rings. The van der Waals surface area contributed by atoms with E-state index >= 15 is 0 Å². The van der Waals surface area contributed by atoms with E-state index in [4.69, 9.17) is 32.7 Å². The Labute approximate surface area is 199 Å². The quantitative estimate of drug-likeness (QED) is 0.485. The number of para-hydroxylation sites is 2. The third-order valence-corrected chi connectivity index (χ3v) is 5.75. The van der Waals surface area contributed by atoms with Crippen LogP contribution in [0.3, 0.4) is 0 Å². The van der Waals surface area contributed by atoms with Crippen molar-refractivity contribution in [3.8, 4) is 11.5 Å². The zero-order valence-electron chi connectivity index (χ0n) is 18.9. The minimum atomic E-state index is -0.676. The van der Waals surface area contributed by atoms with Crippen LogP contribution < -0.4 is 14.8 Å². The summed E-state index contributed by atoms with van der Waals surface area (Å²) in [4.78, 5) is 27.7. The number of methoxy groups -OCH3 is 1. The first-order valence-electron chi connectivity index (χ1n) is 10.6. The SMILES string of the molecule is CC[C@H](C)NC(=O)[C@H](CC)N(Cc1ccc(Cl)cc1Cl)C(=O)COc1ccccc1OC. The van der Waals surface area contributed by atoms with Crippen molar-refractivity contribution in [1.29, 1.82) is 0 Å². The van der Waals surface area contributed by atoms with Gasteiger partial charge in [-0.1, -0.05) is 55.2 Å². The van der Waals surface area contributed by atoms with Crippen molar-refractivity contribution in [2.45, 2.75) is 52.2 Å². The molecule has 0 unspecified atom stereocenters. The molecule has 0 saturated carbocycles. The predicted molar refractivity (Wildman–Crippen MR) is 127 cm³/mol. The van der Waals surface area contributed by atoms with Crippen LogP contribution >= 0.6 is 23.2 Å². The summed E-state index contributed by atoms with van der Waals surface area (Å²) in [7, 11) is 1.53. The molecule has 0 saturated heterocycles. The van der Waals surface area contributed by atoms with Gasteiger partial charge in [0, 0.05) is 22.6 Å². The van der Waals surface area contributed by atoms with Gasteiger partial charge in [-0.2, -0.15) is 0 Å². The molecule has 0 spiro atoms. The molecular formula is C24H30Cl2N2O4. The fourth-order valence-corrected chi connectivity index (χ4v) is 3.62. The van der Waals surface area contributed by atoms with Gasteiger partial charge in [-0.3, -0.25) is 9.59 Å². The van der Waals surface area contributed by atoms with Crippen LogP contribution in [0, 0.1) is 0 Å².